The van der Waals surface area contributed by atoms with Crippen LogP contribution in [0, 0.1) is 11.8 Å². The standard InChI is InChI=1S/C16H25NO2/c1-10-5-4-6-15(11(10)2)17-12(3)14-9-13(18)7-8-16(14)19/h7-12,15,17-19H,4-6H2,1-3H3. The van der Waals surface area contributed by atoms with E-state index >= 15 is 0 Å². The zero-order chi connectivity index (χ0) is 14.0. The molecule has 4 unspecified atom stereocenters. The highest BCUT2D eigenvalue weighted by atomic mass is 16.3. The molecule has 2 rings (SSSR count). The molecule has 3 N–H and O–H groups in total. The van der Waals surface area contributed by atoms with E-state index in [1.807, 2.05) is 6.92 Å². The van der Waals surface area contributed by atoms with Gasteiger partial charge in [0, 0.05) is 17.6 Å². The second kappa shape index (κ2) is 5.83. The van der Waals surface area contributed by atoms with Crippen LogP contribution in [0.5, 0.6) is 11.5 Å². The molecule has 3 heteroatoms. The molecule has 19 heavy (non-hydrogen) atoms. The lowest BCUT2D eigenvalue weighted by Crippen LogP contribution is -2.41. The van der Waals surface area contributed by atoms with E-state index in [2.05, 4.69) is 19.2 Å². The first-order valence-corrected chi connectivity index (χ1v) is 7.27. The molecule has 1 saturated carbocycles. The van der Waals surface area contributed by atoms with Gasteiger partial charge < -0.3 is 15.5 Å². The maximum Gasteiger partial charge on any atom is 0.120 e. The van der Waals surface area contributed by atoms with E-state index in [1.165, 1.54) is 25.3 Å². The smallest absolute Gasteiger partial charge is 0.120 e. The SMILES string of the molecule is CC(NC1CCCC(C)C1C)c1cc(O)ccc1O. The first kappa shape index (κ1) is 14.2. The van der Waals surface area contributed by atoms with Gasteiger partial charge in [0.15, 0.2) is 0 Å². The highest BCUT2D eigenvalue weighted by molar-refractivity contribution is 5.40. The maximum absolute atomic E-state index is 9.90. The van der Waals surface area contributed by atoms with Crippen LogP contribution in [0.3, 0.4) is 0 Å². The minimum atomic E-state index is 0.0462. The van der Waals surface area contributed by atoms with Crippen LogP contribution >= 0.6 is 0 Å². The Morgan fingerprint density at radius 2 is 1.95 bits per heavy atom. The molecule has 1 fully saturated rings. The van der Waals surface area contributed by atoms with Crippen molar-refractivity contribution >= 4 is 0 Å². The van der Waals surface area contributed by atoms with E-state index in [-0.39, 0.29) is 17.5 Å². The van der Waals surface area contributed by atoms with Gasteiger partial charge in [-0.25, -0.2) is 0 Å². The predicted molar refractivity (Wildman–Crippen MR) is 77.3 cm³/mol. The lowest BCUT2D eigenvalue weighted by Gasteiger charge is -2.36. The van der Waals surface area contributed by atoms with E-state index in [4.69, 9.17) is 0 Å². The van der Waals surface area contributed by atoms with Gasteiger partial charge in [0.2, 0.25) is 0 Å². The van der Waals surface area contributed by atoms with Crippen molar-refractivity contribution in [2.75, 3.05) is 0 Å². The third-order valence-corrected chi connectivity index (χ3v) is 4.65. The number of phenolic OH excluding ortho intramolecular Hbond substituents is 2. The van der Waals surface area contributed by atoms with Crippen LogP contribution in [0.2, 0.25) is 0 Å². The molecule has 0 heterocycles. The second-order valence-electron chi connectivity index (χ2n) is 6.01. The molecule has 3 nitrogen and oxygen atoms in total. The molecule has 1 aromatic carbocycles. The summed E-state index contributed by atoms with van der Waals surface area (Å²) in [6.07, 6.45) is 3.77. The van der Waals surface area contributed by atoms with E-state index in [9.17, 15) is 10.2 Å². The largest absolute Gasteiger partial charge is 0.508 e. The molecule has 0 radical (unpaired) electrons. The van der Waals surface area contributed by atoms with Gasteiger partial charge in [0.25, 0.3) is 0 Å². The van der Waals surface area contributed by atoms with Crippen molar-refractivity contribution < 1.29 is 10.2 Å². The summed E-state index contributed by atoms with van der Waals surface area (Å²) in [5, 5.41) is 23.1. The first-order chi connectivity index (χ1) is 8.99. The summed E-state index contributed by atoms with van der Waals surface area (Å²) in [5.41, 5.74) is 0.769. The van der Waals surface area contributed by atoms with Crippen molar-refractivity contribution in [3.05, 3.63) is 23.8 Å². The second-order valence-corrected chi connectivity index (χ2v) is 6.01. The quantitative estimate of drug-likeness (QED) is 0.731. The van der Waals surface area contributed by atoms with Crippen LogP contribution in [0.25, 0.3) is 0 Å². The summed E-state index contributed by atoms with van der Waals surface area (Å²) in [6, 6.07) is 5.24. The third kappa shape index (κ3) is 3.21. The van der Waals surface area contributed by atoms with Gasteiger partial charge in [-0.05, 0) is 43.4 Å². The Morgan fingerprint density at radius 1 is 1.21 bits per heavy atom. The lowest BCUT2D eigenvalue weighted by molar-refractivity contribution is 0.195. The van der Waals surface area contributed by atoms with Crippen molar-refractivity contribution in [3.63, 3.8) is 0 Å². The predicted octanol–water partition coefficient (Wildman–Crippen LogP) is 3.57. The minimum absolute atomic E-state index is 0.0462. The summed E-state index contributed by atoms with van der Waals surface area (Å²) in [7, 11) is 0. The number of phenols is 2. The molecule has 0 bridgehead atoms. The molecule has 0 aliphatic heterocycles. The highest BCUT2D eigenvalue weighted by Gasteiger charge is 2.28. The number of hydrogen-bond acceptors (Lipinski definition) is 3. The Balaban J connectivity index is 2.08. The van der Waals surface area contributed by atoms with Crippen LogP contribution in [0.1, 0.15) is 51.6 Å². The minimum Gasteiger partial charge on any atom is -0.508 e. The molecule has 1 aliphatic rings. The van der Waals surface area contributed by atoms with Crippen molar-refractivity contribution in [1.29, 1.82) is 0 Å². The van der Waals surface area contributed by atoms with Crippen LogP contribution < -0.4 is 5.32 Å². The van der Waals surface area contributed by atoms with Crippen LogP contribution in [0.4, 0.5) is 0 Å². The first-order valence-electron chi connectivity index (χ1n) is 7.27. The summed E-state index contributed by atoms with van der Waals surface area (Å²) in [6.45, 7) is 6.66. The van der Waals surface area contributed by atoms with Gasteiger partial charge in [0.05, 0.1) is 0 Å². The number of benzene rings is 1. The summed E-state index contributed by atoms with van der Waals surface area (Å²) in [5.74, 6) is 1.84. The van der Waals surface area contributed by atoms with Crippen molar-refractivity contribution in [3.8, 4) is 11.5 Å². The van der Waals surface area contributed by atoms with Gasteiger partial charge in [0.1, 0.15) is 11.5 Å². The molecule has 0 saturated heterocycles. The molecule has 1 aliphatic carbocycles. The van der Waals surface area contributed by atoms with Crippen molar-refractivity contribution in [1.82, 2.24) is 5.32 Å². The van der Waals surface area contributed by atoms with Crippen LogP contribution in [-0.2, 0) is 0 Å². The molecule has 0 aromatic heterocycles. The molecule has 0 amide bonds. The zero-order valence-electron chi connectivity index (χ0n) is 12.1. The highest BCUT2D eigenvalue weighted by Crippen LogP contribution is 2.33. The summed E-state index contributed by atoms with van der Waals surface area (Å²) >= 11 is 0. The maximum atomic E-state index is 9.90. The van der Waals surface area contributed by atoms with E-state index in [1.54, 1.807) is 12.1 Å². The number of rotatable bonds is 3. The van der Waals surface area contributed by atoms with Gasteiger partial charge in [-0.1, -0.05) is 26.7 Å². The molecule has 4 atom stereocenters. The molecule has 106 valence electrons. The fourth-order valence-corrected chi connectivity index (χ4v) is 3.12. The third-order valence-electron chi connectivity index (χ3n) is 4.65. The average Bonchev–Trinajstić information content (AvgIpc) is 2.38. The Bertz CT molecular complexity index is 433. The van der Waals surface area contributed by atoms with Gasteiger partial charge in [-0.3, -0.25) is 0 Å². The molecular formula is C16H25NO2. The Labute approximate surface area is 115 Å². The topological polar surface area (TPSA) is 52.5 Å². The number of aromatic hydroxyl groups is 2. The number of hydrogen-bond donors (Lipinski definition) is 3. The Hall–Kier alpha value is -1.22. The van der Waals surface area contributed by atoms with Crippen LogP contribution in [0.15, 0.2) is 18.2 Å². The van der Waals surface area contributed by atoms with E-state index in [0.717, 1.165) is 11.5 Å². The number of nitrogens with one attached hydrogen (secondary N) is 1. The Kier molecular flexibility index (Phi) is 4.35. The van der Waals surface area contributed by atoms with Crippen molar-refractivity contribution in [2.24, 2.45) is 11.8 Å². The molecule has 1 aromatic rings. The monoisotopic (exact) mass is 263 g/mol. The molecular weight excluding hydrogens is 238 g/mol. The zero-order valence-corrected chi connectivity index (χ0v) is 12.1. The molecule has 0 spiro atoms. The van der Waals surface area contributed by atoms with E-state index in [0.29, 0.717) is 12.0 Å². The van der Waals surface area contributed by atoms with Crippen molar-refractivity contribution in [2.45, 2.75) is 52.1 Å². The van der Waals surface area contributed by atoms with Gasteiger partial charge in [-0.15, -0.1) is 0 Å². The van der Waals surface area contributed by atoms with Gasteiger partial charge >= 0.3 is 0 Å². The van der Waals surface area contributed by atoms with E-state index < -0.39 is 0 Å². The summed E-state index contributed by atoms with van der Waals surface area (Å²) < 4.78 is 0. The fraction of sp³-hybridized carbons (Fsp3) is 0.625. The normalized spacial score (nSPS) is 29.1. The fourth-order valence-electron chi connectivity index (χ4n) is 3.12. The lowest BCUT2D eigenvalue weighted by atomic mass is 9.77. The summed E-state index contributed by atoms with van der Waals surface area (Å²) in [4.78, 5) is 0. The average molecular weight is 263 g/mol. The Morgan fingerprint density at radius 3 is 2.68 bits per heavy atom. The van der Waals surface area contributed by atoms with Crippen LogP contribution in [-0.4, -0.2) is 16.3 Å². The van der Waals surface area contributed by atoms with Gasteiger partial charge in [-0.2, -0.15) is 0 Å².